The lowest BCUT2D eigenvalue weighted by molar-refractivity contribution is 0.403. The van der Waals surface area contributed by atoms with Crippen LogP contribution in [0.3, 0.4) is 0 Å². The van der Waals surface area contributed by atoms with Crippen molar-refractivity contribution in [3.63, 3.8) is 0 Å². The van der Waals surface area contributed by atoms with Gasteiger partial charge in [0.15, 0.2) is 0 Å². The van der Waals surface area contributed by atoms with Crippen LogP contribution >= 0.6 is 0 Å². The molecule has 0 aromatic heterocycles. The Hall–Kier alpha value is -2.16. The molecule has 0 amide bonds. The summed E-state index contributed by atoms with van der Waals surface area (Å²) in [4.78, 5) is 2.53. The van der Waals surface area contributed by atoms with E-state index in [1.807, 2.05) is 36.4 Å². The molecule has 25 heavy (non-hydrogen) atoms. The Labute approximate surface area is 150 Å². The van der Waals surface area contributed by atoms with Crippen LogP contribution in [-0.2, 0) is 0 Å². The Morgan fingerprint density at radius 3 is 2.60 bits per heavy atom. The van der Waals surface area contributed by atoms with Crippen molar-refractivity contribution in [2.24, 2.45) is 5.92 Å². The van der Waals surface area contributed by atoms with Gasteiger partial charge in [-0.25, -0.2) is 0 Å². The first kappa shape index (κ1) is 16.3. The first-order valence-corrected chi connectivity index (χ1v) is 9.66. The number of nitrogens with two attached hydrogens (primary N) is 1. The van der Waals surface area contributed by atoms with E-state index in [1.54, 1.807) is 0 Å². The average Bonchev–Trinajstić information content (AvgIpc) is 3.49. The van der Waals surface area contributed by atoms with Gasteiger partial charge in [-0.15, -0.1) is 0 Å². The van der Waals surface area contributed by atoms with E-state index in [0.29, 0.717) is 5.92 Å². The van der Waals surface area contributed by atoms with Crippen molar-refractivity contribution in [3.05, 3.63) is 48.0 Å². The predicted molar refractivity (Wildman–Crippen MR) is 105 cm³/mol. The fourth-order valence-electron chi connectivity index (χ4n) is 4.03. The SMILES string of the molecule is CC[C@@H]1CCCN(c2c(N)ccc(Oc3ccccc3)c2C2CC2)C1. The second-order valence-corrected chi connectivity index (χ2v) is 7.47. The van der Waals surface area contributed by atoms with Crippen LogP contribution in [0, 0.1) is 5.92 Å². The standard InChI is InChI=1S/C22H28N2O/c1-2-16-7-6-14-24(15-16)22-19(23)12-13-20(21(22)17-10-11-17)25-18-8-4-3-5-9-18/h3-5,8-9,12-13,16-17H,2,6-7,10-11,14-15,23H2,1H3/t16-/m1/s1. The van der Waals surface area contributed by atoms with Crippen molar-refractivity contribution in [2.75, 3.05) is 23.7 Å². The molecule has 1 aliphatic carbocycles. The number of hydrogen-bond acceptors (Lipinski definition) is 3. The maximum atomic E-state index is 6.47. The van der Waals surface area contributed by atoms with Gasteiger partial charge in [-0.1, -0.05) is 31.5 Å². The molecular formula is C22H28N2O. The second-order valence-electron chi connectivity index (χ2n) is 7.47. The molecule has 0 bridgehead atoms. The van der Waals surface area contributed by atoms with Crippen LogP contribution in [0.1, 0.15) is 50.5 Å². The number of rotatable bonds is 5. The molecule has 4 rings (SSSR count). The van der Waals surface area contributed by atoms with Gasteiger partial charge in [-0.05, 0) is 61.8 Å². The Balaban J connectivity index is 1.71. The van der Waals surface area contributed by atoms with Crippen LogP contribution < -0.4 is 15.4 Å². The van der Waals surface area contributed by atoms with Crippen LogP contribution in [0.2, 0.25) is 0 Å². The van der Waals surface area contributed by atoms with Gasteiger partial charge in [0.25, 0.3) is 0 Å². The van der Waals surface area contributed by atoms with E-state index in [9.17, 15) is 0 Å². The monoisotopic (exact) mass is 336 g/mol. The molecule has 2 aliphatic rings. The van der Waals surface area contributed by atoms with E-state index in [4.69, 9.17) is 10.5 Å². The lowest BCUT2D eigenvalue weighted by atomic mass is 9.93. The minimum Gasteiger partial charge on any atom is -0.457 e. The summed E-state index contributed by atoms with van der Waals surface area (Å²) in [5.41, 5.74) is 9.95. The summed E-state index contributed by atoms with van der Waals surface area (Å²) >= 11 is 0. The van der Waals surface area contributed by atoms with Crippen LogP contribution in [0.25, 0.3) is 0 Å². The van der Waals surface area contributed by atoms with Crippen LogP contribution in [0.15, 0.2) is 42.5 Å². The second kappa shape index (κ2) is 6.99. The zero-order chi connectivity index (χ0) is 17.2. The Bertz CT molecular complexity index is 724. The lowest BCUT2D eigenvalue weighted by Crippen LogP contribution is -2.36. The number of nitrogen functional groups attached to an aromatic ring is 1. The number of nitrogens with zero attached hydrogens (tertiary/aromatic N) is 1. The van der Waals surface area contributed by atoms with Gasteiger partial charge in [0.05, 0.1) is 11.4 Å². The topological polar surface area (TPSA) is 38.5 Å². The van der Waals surface area contributed by atoms with Crippen molar-refractivity contribution >= 4 is 11.4 Å². The predicted octanol–water partition coefficient (Wildman–Crippen LogP) is 5.56. The summed E-state index contributed by atoms with van der Waals surface area (Å²) in [6, 6.07) is 14.2. The van der Waals surface area contributed by atoms with Crippen molar-refractivity contribution < 1.29 is 4.74 Å². The van der Waals surface area contributed by atoms with Crippen LogP contribution in [-0.4, -0.2) is 13.1 Å². The van der Waals surface area contributed by atoms with E-state index >= 15 is 0 Å². The normalized spacial score (nSPS) is 20.5. The van der Waals surface area contributed by atoms with Gasteiger partial charge in [-0.3, -0.25) is 0 Å². The van der Waals surface area contributed by atoms with Gasteiger partial charge >= 0.3 is 0 Å². The molecule has 2 N–H and O–H groups in total. The van der Waals surface area contributed by atoms with E-state index < -0.39 is 0 Å². The highest BCUT2D eigenvalue weighted by molar-refractivity contribution is 5.76. The molecule has 0 spiro atoms. The number of anilines is 2. The molecule has 1 saturated carbocycles. The molecule has 0 radical (unpaired) electrons. The molecule has 1 atom stereocenters. The number of benzene rings is 2. The number of ether oxygens (including phenoxy) is 1. The zero-order valence-electron chi connectivity index (χ0n) is 15.1. The molecule has 1 heterocycles. The quantitative estimate of drug-likeness (QED) is 0.726. The molecule has 0 unspecified atom stereocenters. The van der Waals surface area contributed by atoms with Crippen LogP contribution in [0.4, 0.5) is 11.4 Å². The van der Waals surface area contributed by atoms with E-state index in [-0.39, 0.29) is 0 Å². The van der Waals surface area contributed by atoms with Gasteiger partial charge in [0.1, 0.15) is 11.5 Å². The van der Waals surface area contributed by atoms with Crippen LogP contribution in [0.5, 0.6) is 11.5 Å². The summed E-state index contributed by atoms with van der Waals surface area (Å²) in [6.07, 6.45) is 6.33. The molecule has 132 valence electrons. The number of hydrogen-bond donors (Lipinski definition) is 1. The fourth-order valence-corrected chi connectivity index (χ4v) is 4.03. The summed E-state index contributed by atoms with van der Waals surface area (Å²) in [6.45, 7) is 4.53. The molecule has 2 aromatic carbocycles. The Morgan fingerprint density at radius 1 is 1.08 bits per heavy atom. The van der Waals surface area contributed by atoms with Gasteiger partial charge in [0, 0.05) is 18.7 Å². The number of para-hydroxylation sites is 1. The third-order valence-corrected chi connectivity index (χ3v) is 5.58. The highest BCUT2D eigenvalue weighted by Gasteiger charge is 2.33. The number of piperidine rings is 1. The molecule has 1 saturated heterocycles. The van der Waals surface area contributed by atoms with Crippen molar-refractivity contribution in [3.8, 4) is 11.5 Å². The van der Waals surface area contributed by atoms with E-state index in [2.05, 4.69) is 17.9 Å². The molecule has 2 fully saturated rings. The molecule has 3 nitrogen and oxygen atoms in total. The largest absolute Gasteiger partial charge is 0.457 e. The minimum atomic E-state index is 0.596. The van der Waals surface area contributed by atoms with Crippen molar-refractivity contribution in [1.29, 1.82) is 0 Å². The van der Waals surface area contributed by atoms with Crippen molar-refractivity contribution in [1.82, 2.24) is 0 Å². The third kappa shape index (κ3) is 3.46. The first-order chi connectivity index (χ1) is 12.3. The molecular weight excluding hydrogens is 308 g/mol. The van der Waals surface area contributed by atoms with Gasteiger partial charge < -0.3 is 15.4 Å². The summed E-state index contributed by atoms with van der Waals surface area (Å²) < 4.78 is 6.27. The molecule has 1 aliphatic heterocycles. The van der Waals surface area contributed by atoms with Gasteiger partial charge in [-0.2, -0.15) is 0 Å². The maximum Gasteiger partial charge on any atom is 0.133 e. The fraction of sp³-hybridized carbons (Fsp3) is 0.455. The smallest absolute Gasteiger partial charge is 0.133 e. The minimum absolute atomic E-state index is 0.596. The lowest BCUT2D eigenvalue weighted by Gasteiger charge is -2.36. The Kier molecular flexibility index (Phi) is 4.56. The van der Waals surface area contributed by atoms with E-state index in [1.165, 1.54) is 43.4 Å². The maximum absolute atomic E-state index is 6.47. The average molecular weight is 336 g/mol. The van der Waals surface area contributed by atoms with Gasteiger partial charge in [0.2, 0.25) is 0 Å². The summed E-state index contributed by atoms with van der Waals surface area (Å²) in [5, 5.41) is 0. The highest BCUT2D eigenvalue weighted by atomic mass is 16.5. The Morgan fingerprint density at radius 2 is 1.88 bits per heavy atom. The first-order valence-electron chi connectivity index (χ1n) is 9.66. The summed E-state index contributed by atoms with van der Waals surface area (Å²) in [7, 11) is 0. The zero-order valence-corrected chi connectivity index (χ0v) is 15.1. The van der Waals surface area contributed by atoms with E-state index in [0.717, 1.165) is 36.2 Å². The molecule has 2 aromatic rings. The highest BCUT2D eigenvalue weighted by Crippen LogP contribution is 2.52. The summed E-state index contributed by atoms with van der Waals surface area (Å²) in [5.74, 6) is 3.25. The van der Waals surface area contributed by atoms with Crippen molar-refractivity contribution in [2.45, 2.75) is 44.9 Å². The molecule has 3 heteroatoms. The third-order valence-electron chi connectivity index (χ3n) is 5.58.